The van der Waals surface area contributed by atoms with E-state index in [1.165, 1.54) is 33.6 Å². The molecule has 2 aromatic carbocycles. The number of hydrogen-bond donors (Lipinski definition) is 1. The minimum atomic E-state index is 0.00738. The van der Waals surface area contributed by atoms with Crippen molar-refractivity contribution >= 4 is 22.4 Å². The number of amides is 1. The Morgan fingerprint density at radius 3 is 2.39 bits per heavy atom. The molecule has 1 N–H and O–H groups in total. The molecule has 4 rings (SSSR count). The number of thiazole rings is 1. The maximum atomic E-state index is 12.5. The van der Waals surface area contributed by atoms with Crippen LogP contribution in [0.1, 0.15) is 22.3 Å². The number of hydrogen-bond acceptors (Lipinski definition) is 5. The molecule has 0 radical (unpaired) electrons. The van der Waals surface area contributed by atoms with Gasteiger partial charge in [-0.2, -0.15) is 0 Å². The van der Waals surface area contributed by atoms with Crippen LogP contribution in [-0.2, 0) is 11.3 Å². The van der Waals surface area contributed by atoms with Crippen LogP contribution in [0.25, 0.3) is 11.3 Å². The number of nitrogens with zero attached hydrogens (tertiary/aromatic N) is 3. The van der Waals surface area contributed by atoms with E-state index in [0.29, 0.717) is 11.7 Å². The normalized spacial score (nSPS) is 15.2. The maximum Gasteiger partial charge on any atom is 0.240 e. The Morgan fingerprint density at radius 1 is 0.968 bits per heavy atom. The number of carbonyl (C=O) groups excluding carboxylic acids is 1. The van der Waals surface area contributed by atoms with Gasteiger partial charge in [0.15, 0.2) is 5.13 Å². The lowest BCUT2D eigenvalue weighted by atomic mass is 10.1. The molecule has 1 aliphatic heterocycles. The van der Waals surface area contributed by atoms with Crippen LogP contribution < -0.4 is 5.32 Å². The van der Waals surface area contributed by atoms with Gasteiger partial charge in [-0.05, 0) is 43.5 Å². The van der Waals surface area contributed by atoms with Gasteiger partial charge in [0.1, 0.15) is 0 Å². The monoisotopic (exact) mass is 434 g/mol. The summed E-state index contributed by atoms with van der Waals surface area (Å²) in [6, 6.07) is 15.1. The standard InChI is InChI=1S/C25H30N4OS/c1-18-4-7-21(8-5-18)15-28-10-12-29(13-11-28)16-24(30)27-25-26-23(17-31-25)22-9-6-19(2)20(3)14-22/h4-9,14,17H,10-13,15-16H2,1-3H3,(H,26,27,30). The number of aromatic nitrogens is 1. The highest BCUT2D eigenvalue weighted by molar-refractivity contribution is 7.14. The molecule has 31 heavy (non-hydrogen) atoms. The van der Waals surface area contributed by atoms with Crippen molar-refractivity contribution in [2.45, 2.75) is 27.3 Å². The average molecular weight is 435 g/mol. The molecular formula is C25H30N4OS. The summed E-state index contributed by atoms with van der Waals surface area (Å²) in [7, 11) is 0. The minimum Gasteiger partial charge on any atom is -0.301 e. The van der Waals surface area contributed by atoms with Crippen LogP contribution in [-0.4, -0.2) is 53.4 Å². The van der Waals surface area contributed by atoms with Crippen molar-refractivity contribution in [3.8, 4) is 11.3 Å². The third-order valence-electron chi connectivity index (χ3n) is 5.91. The highest BCUT2D eigenvalue weighted by Crippen LogP contribution is 2.26. The molecule has 6 heteroatoms. The van der Waals surface area contributed by atoms with Crippen molar-refractivity contribution in [3.05, 3.63) is 70.1 Å². The molecule has 162 valence electrons. The number of anilines is 1. The largest absolute Gasteiger partial charge is 0.301 e. The van der Waals surface area contributed by atoms with Gasteiger partial charge in [-0.15, -0.1) is 11.3 Å². The Balaban J connectivity index is 1.25. The SMILES string of the molecule is Cc1ccc(CN2CCN(CC(=O)Nc3nc(-c4ccc(C)c(C)c4)cs3)CC2)cc1. The second-order valence-corrected chi connectivity index (χ2v) is 9.28. The summed E-state index contributed by atoms with van der Waals surface area (Å²) in [4.78, 5) is 21.8. The van der Waals surface area contributed by atoms with Gasteiger partial charge >= 0.3 is 0 Å². The van der Waals surface area contributed by atoms with E-state index < -0.39 is 0 Å². The van der Waals surface area contributed by atoms with E-state index in [4.69, 9.17) is 0 Å². The molecule has 3 aromatic rings. The van der Waals surface area contributed by atoms with Crippen molar-refractivity contribution in [2.75, 3.05) is 38.0 Å². The van der Waals surface area contributed by atoms with Gasteiger partial charge in [0.2, 0.25) is 5.91 Å². The number of aryl methyl sites for hydroxylation is 3. The predicted molar refractivity (Wildman–Crippen MR) is 129 cm³/mol. The summed E-state index contributed by atoms with van der Waals surface area (Å²) in [5, 5.41) is 5.64. The van der Waals surface area contributed by atoms with Gasteiger partial charge in [-0.25, -0.2) is 4.98 Å². The number of carbonyl (C=O) groups is 1. The minimum absolute atomic E-state index is 0.00738. The fourth-order valence-electron chi connectivity index (χ4n) is 3.78. The van der Waals surface area contributed by atoms with Gasteiger partial charge in [-0.3, -0.25) is 14.6 Å². The molecule has 0 aliphatic carbocycles. The molecule has 5 nitrogen and oxygen atoms in total. The zero-order valence-electron chi connectivity index (χ0n) is 18.5. The van der Waals surface area contributed by atoms with Crippen LogP contribution in [0.4, 0.5) is 5.13 Å². The van der Waals surface area contributed by atoms with E-state index in [1.54, 1.807) is 0 Å². The average Bonchev–Trinajstić information content (AvgIpc) is 3.21. The first-order chi connectivity index (χ1) is 15.0. The summed E-state index contributed by atoms with van der Waals surface area (Å²) >= 11 is 1.48. The molecule has 1 aromatic heterocycles. The van der Waals surface area contributed by atoms with E-state index >= 15 is 0 Å². The number of piperazine rings is 1. The second kappa shape index (κ2) is 9.73. The molecular weight excluding hydrogens is 404 g/mol. The van der Waals surface area contributed by atoms with Crippen molar-refractivity contribution < 1.29 is 4.79 Å². The van der Waals surface area contributed by atoms with E-state index in [9.17, 15) is 4.79 Å². The zero-order chi connectivity index (χ0) is 21.8. The maximum absolute atomic E-state index is 12.5. The van der Waals surface area contributed by atoms with Gasteiger partial charge in [0.25, 0.3) is 0 Å². The van der Waals surface area contributed by atoms with Gasteiger partial charge in [0.05, 0.1) is 12.2 Å². The summed E-state index contributed by atoms with van der Waals surface area (Å²) in [5.41, 5.74) is 7.16. The molecule has 1 fully saturated rings. The summed E-state index contributed by atoms with van der Waals surface area (Å²) in [5.74, 6) is 0.00738. The van der Waals surface area contributed by atoms with Crippen LogP contribution in [0.5, 0.6) is 0 Å². The third-order valence-corrected chi connectivity index (χ3v) is 6.67. The van der Waals surface area contributed by atoms with Gasteiger partial charge in [-0.1, -0.05) is 42.0 Å². The van der Waals surface area contributed by atoms with Crippen LogP contribution in [0, 0.1) is 20.8 Å². The van der Waals surface area contributed by atoms with Crippen LogP contribution >= 0.6 is 11.3 Å². The molecule has 2 heterocycles. The molecule has 0 saturated carbocycles. The Kier molecular flexibility index (Phi) is 6.80. The first-order valence-electron chi connectivity index (χ1n) is 10.8. The second-order valence-electron chi connectivity index (χ2n) is 8.42. The lowest BCUT2D eigenvalue weighted by Crippen LogP contribution is -2.48. The molecule has 1 amide bonds. The van der Waals surface area contributed by atoms with Gasteiger partial charge in [0, 0.05) is 43.7 Å². The molecule has 0 unspecified atom stereocenters. The first-order valence-corrected chi connectivity index (χ1v) is 11.7. The van der Waals surface area contributed by atoms with Crippen molar-refractivity contribution in [1.29, 1.82) is 0 Å². The predicted octanol–water partition coefficient (Wildman–Crippen LogP) is 4.49. The topological polar surface area (TPSA) is 48.5 Å². The number of nitrogens with one attached hydrogen (secondary N) is 1. The van der Waals surface area contributed by atoms with Crippen molar-refractivity contribution in [1.82, 2.24) is 14.8 Å². The van der Waals surface area contributed by atoms with Crippen molar-refractivity contribution in [3.63, 3.8) is 0 Å². The number of benzene rings is 2. The first kappa shape index (κ1) is 21.7. The Hall–Kier alpha value is -2.54. The fraction of sp³-hybridized carbons (Fsp3) is 0.360. The lowest BCUT2D eigenvalue weighted by Gasteiger charge is -2.34. The summed E-state index contributed by atoms with van der Waals surface area (Å²) in [6.07, 6.45) is 0. The van der Waals surface area contributed by atoms with E-state index in [2.05, 4.69) is 83.3 Å². The van der Waals surface area contributed by atoms with Gasteiger partial charge < -0.3 is 5.32 Å². The van der Waals surface area contributed by atoms with Crippen LogP contribution in [0.3, 0.4) is 0 Å². The third kappa shape index (κ3) is 5.79. The highest BCUT2D eigenvalue weighted by Gasteiger charge is 2.19. The van der Waals surface area contributed by atoms with E-state index in [1.807, 2.05) is 5.38 Å². The molecule has 1 saturated heterocycles. The summed E-state index contributed by atoms with van der Waals surface area (Å²) < 4.78 is 0. The summed E-state index contributed by atoms with van der Waals surface area (Å²) in [6.45, 7) is 11.5. The zero-order valence-corrected chi connectivity index (χ0v) is 19.3. The van der Waals surface area contributed by atoms with E-state index in [-0.39, 0.29) is 5.91 Å². The lowest BCUT2D eigenvalue weighted by molar-refractivity contribution is -0.117. The highest BCUT2D eigenvalue weighted by atomic mass is 32.1. The quantitative estimate of drug-likeness (QED) is 0.621. The molecule has 1 aliphatic rings. The van der Waals surface area contributed by atoms with E-state index in [0.717, 1.165) is 44.0 Å². The molecule has 0 spiro atoms. The Bertz CT molecular complexity index is 1040. The molecule has 0 bridgehead atoms. The van der Waals surface area contributed by atoms with Crippen molar-refractivity contribution in [2.24, 2.45) is 0 Å². The molecule has 0 atom stereocenters. The van der Waals surface area contributed by atoms with Crippen LogP contribution in [0.15, 0.2) is 47.8 Å². The Morgan fingerprint density at radius 2 is 1.68 bits per heavy atom. The Labute approximate surface area is 188 Å². The number of rotatable bonds is 6. The fourth-order valence-corrected chi connectivity index (χ4v) is 4.52. The van der Waals surface area contributed by atoms with Crippen LogP contribution in [0.2, 0.25) is 0 Å². The smallest absolute Gasteiger partial charge is 0.240 e.